The molecule has 3 aromatic heterocycles. The van der Waals surface area contributed by atoms with Crippen LogP contribution in [-0.4, -0.2) is 37.3 Å². The number of hydrogen-bond donors (Lipinski definition) is 3. The largest absolute Gasteiger partial charge is 0.361 e. The normalized spacial score (nSPS) is 11.0. The second-order valence-electron chi connectivity index (χ2n) is 6.45. The number of thioether (sulfide) groups is 1. The molecule has 2 amide bonds. The molecule has 0 aliphatic rings. The summed E-state index contributed by atoms with van der Waals surface area (Å²) >= 11 is 2.88. The Hall–Kier alpha value is -3.11. The molecular formula is C20H20N6O2S2. The van der Waals surface area contributed by atoms with Gasteiger partial charge >= 0.3 is 0 Å². The molecule has 0 radical (unpaired) electrons. The number of hydrogen-bond acceptors (Lipinski definition) is 6. The fourth-order valence-electron chi connectivity index (χ4n) is 3.07. The van der Waals surface area contributed by atoms with E-state index in [2.05, 4.69) is 26.0 Å². The predicted octanol–water partition coefficient (Wildman–Crippen LogP) is 2.99. The summed E-state index contributed by atoms with van der Waals surface area (Å²) in [5, 5.41) is 12.1. The van der Waals surface area contributed by atoms with Gasteiger partial charge in [0.1, 0.15) is 0 Å². The van der Waals surface area contributed by atoms with Crippen molar-refractivity contribution in [2.75, 3.05) is 5.75 Å². The van der Waals surface area contributed by atoms with E-state index in [0.717, 1.165) is 27.2 Å². The number of carbonyl (C=O) groups excluding carboxylic acids is 2. The van der Waals surface area contributed by atoms with E-state index in [-0.39, 0.29) is 24.0 Å². The van der Waals surface area contributed by atoms with Gasteiger partial charge < -0.3 is 9.55 Å². The summed E-state index contributed by atoms with van der Waals surface area (Å²) in [5.41, 5.74) is 6.78. The Morgan fingerprint density at radius 3 is 2.77 bits per heavy atom. The Labute approximate surface area is 181 Å². The van der Waals surface area contributed by atoms with E-state index < -0.39 is 0 Å². The summed E-state index contributed by atoms with van der Waals surface area (Å²) in [6.07, 6.45) is 1.98. The lowest BCUT2D eigenvalue weighted by Gasteiger charge is -2.08. The van der Waals surface area contributed by atoms with E-state index >= 15 is 0 Å². The van der Waals surface area contributed by atoms with Crippen LogP contribution in [0.4, 0.5) is 0 Å². The highest BCUT2D eigenvalue weighted by Gasteiger charge is 2.15. The topological polar surface area (TPSA) is 105 Å². The van der Waals surface area contributed by atoms with Crippen LogP contribution in [-0.2, 0) is 22.6 Å². The number of thiophene rings is 1. The van der Waals surface area contributed by atoms with Crippen LogP contribution >= 0.6 is 23.1 Å². The van der Waals surface area contributed by atoms with Crippen molar-refractivity contribution in [3.63, 3.8) is 0 Å². The highest BCUT2D eigenvalue weighted by molar-refractivity contribution is 7.99. The van der Waals surface area contributed by atoms with Crippen LogP contribution < -0.4 is 10.9 Å². The highest BCUT2D eigenvalue weighted by Crippen LogP contribution is 2.27. The number of para-hydroxylation sites is 1. The summed E-state index contributed by atoms with van der Waals surface area (Å²) in [7, 11) is 0. The van der Waals surface area contributed by atoms with Gasteiger partial charge in [-0.1, -0.05) is 36.0 Å². The molecule has 10 heteroatoms. The van der Waals surface area contributed by atoms with Crippen LogP contribution in [0.25, 0.3) is 21.6 Å². The van der Waals surface area contributed by atoms with Crippen molar-refractivity contribution in [3.8, 4) is 10.7 Å². The second-order valence-corrected chi connectivity index (χ2v) is 8.34. The maximum absolute atomic E-state index is 12.2. The molecule has 0 aliphatic heterocycles. The first-order valence-corrected chi connectivity index (χ1v) is 11.2. The third-order valence-corrected chi connectivity index (χ3v) is 6.31. The first kappa shape index (κ1) is 20.2. The Morgan fingerprint density at radius 2 is 1.97 bits per heavy atom. The summed E-state index contributed by atoms with van der Waals surface area (Å²) in [5.74, 6) is 0.323. The Morgan fingerprint density at radius 1 is 1.13 bits per heavy atom. The van der Waals surface area contributed by atoms with Crippen molar-refractivity contribution in [2.45, 2.75) is 25.0 Å². The Balaban J connectivity index is 1.29. The maximum Gasteiger partial charge on any atom is 0.248 e. The van der Waals surface area contributed by atoms with E-state index in [1.165, 1.54) is 11.8 Å². The number of nitrogens with one attached hydrogen (secondary N) is 3. The minimum atomic E-state index is -0.310. The zero-order chi connectivity index (χ0) is 20.9. The van der Waals surface area contributed by atoms with Crippen molar-refractivity contribution in [1.82, 2.24) is 30.6 Å². The molecule has 0 unspecified atom stereocenters. The number of amides is 2. The van der Waals surface area contributed by atoms with Gasteiger partial charge in [-0.05, 0) is 30.0 Å². The predicted molar refractivity (Wildman–Crippen MR) is 118 cm³/mol. The van der Waals surface area contributed by atoms with E-state index in [4.69, 9.17) is 0 Å². The van der Waals surface area contributed by atoms with Crippen LogP contribution in [0.15, 0.2) is 53.1 Å². The average Bonchev–Trinajstić information content (AvgIpc) is 3.50. The summed E-state index contributed by atoms with van der Waals surface area (Å²) in [4.78, 5) is 28.5. The molecule has 0 saturated heterocycles. The Bertz CT molecular complexity index is 1170. The molecule has 3 N–H and O–H groups in total. The van der Waals surface area contributed by atoms with Gasteiger partial charge in [0.25, 0.3) is 0 Å². The number of nitrogens with zero attached hydrogens (tertiary/aromatic N) is 3. The molecule has 0 saturated carbocycles. The number of hydrazine groups is 1. The van der Waals surface area contributed by atoms with E-state index in [9.17, 15) is 9.59 Å². The lowest BCUT2D eigenvalue weighted by molar-refractivity contribution is -0.127. The SMILES string of the molecule is CCn1c(SCC(=O)NNC(=O)Cc2c[nH]c3ccccc23)nnc1-c1cccs1. The van der Waals surface area contributed by atoms with Gasteiger partial charge in [0.05, 0.1) is 17.1 Å². The minimum absolute atomic E-state index is 0.121. The molecule has 3 heterocycles. The van der Waals surface area contributed by atoms with Gasteiger partial charge in [-0.15, -0.1) is 21.5 Å². The third kappa shape index (κ3) is 4.39. The number of H-pyrrole nitrogens is 1. The molecule has 4 rings (SSSR count). The molecule has 30 heavy (non-hydrogen) atoms. The number of aromatic amines is 1. The van der Waals surface area contributed by atoms with Crippen LogP contribution in [0.1, 0.15) is 12.5 Å². The monoisotopic (exact) mass is 440 g/mol. The number of fused-ring (bicyclic) bond motifs is 1. The van der Waals surface area contributed by atoms with Gasteiger partial charge in [0, 0.05) is 23.6 Å². The first-order chi connectivity index (χ1) is 14.7. The summed E-state index contributed by atoms with van der Waals surface area (Å²) < 4.78 is 1.97. The molecule has 0 spiro atoms. The van der Waals surface area contributed by atoms with Crippen molar-refractivity contribution in [1.29, 1.82) is 0 Å². The van der Waals surface area contributed by atoms with Crippen LogP contribution in [0.2, 0.25) is 0 Å². The number of rotatable bonds is 7. The van der Waals surface area contributed by atoms with Gasteiger partial charge in [0.2, 0.25) is 11.8 Å². The third-order valence-electron chi connectivity index (χ3n) is 4.47. The van der Waals surface area contributed by atoms with Crippen molar-refractivity contribution >= 4 is 45.8 Å². The standard InChI is InChI=1S/C20H20N6O2S2/c1-2-26-19(16-8-5-9-29-16)24-25-20(26)30-12-18(28)23-22-17(27)10-13-11-21-15-7-4-3-6-14(13)15/h3-9,11,21H,2,10,12H2,1H3,(H,22,27)(H,23,28). The molecule has 0 aliphatic carbocycles. The molecule has 154 valence electrons. The van der Waals surface area contributed by atoms with E-state index in [0.29, 0.717) is 11.7 Å². The van der Waals surface area contributed by atoms with E-state index in [1.54, 1.807) is 11.3 Å². The van der Waals surface area contributed by atoms with Crippen molar-refractivity contribution in [3.05, 3.63) is 53.5 Å². The fraction of sp³-hybridized carbons (Fsp3) is 0.200. The summed E-state index contributed by atoms with van der Waals surface area (Å²) in [6.45, 7) is 2.71. The molecular weight excluding hydrogens is 420 g/mol. The lowest BCUT2D eigenvalue weighted by Crippen LogP contribution is -2.43. The quantitative estimate of drug-likeness (QED) is 0.303. The zero-order valence-corrected chi connectivity index (χ0v) is 17.8. The van der Waals surface area contributed by atoms with Gasteiger partial charge in [-0.25, -0.2) is 0 Å². The van der Waals surface area contributed by atoms with Crippen molar-refractivity contribution in [2.24, 2.45) is 0 Å². The van der Waals surface area contributed by atoms with Crippen LogP contribution in [0, 0.1) is 0 Å². The van der Waals surface area contributed by atoms with Gasteiger partial charge in [-0.2, -0.15) is 0 Å². The number of benzene rings is 1. The van der Waals surface area contributed by atoms with E-state index in [1.807, 2.05) is 59.5 Å². The minimum Gasteiger partial charge on any atom is -0.361 e. The molecule has 8 nitrogen and oxygen atoms in total. The van der Waals surface area contributed by atoms with Crippen LogP contribution in [0.3, 0.4) is 0 Å². The maximum atomic E-state index is 12.2. The molecule has 0 fully saturated rings. The summed E-state index contributed by atoms with van der Waals surface area (Å²) in [6, 6.07) is 11.7. The number of aromatic nitrogens is 4. The van der Waals surface area contributed by atoms with Crippen LogP contribution in [0.5, 0.6) is 0 Å². The first-order valence-electron chi connectivity index (χ1n) is 9.38. The highest BCUT2D eigenvalue weighted by atomic mass is 32.2. The lowest BCUT2D eigenvalue weighted by atomic mass is 10.1. The zero-order valence-electron chi connectivity index (χ0n) is 16.2. The van der Waals surface area contributed by atoms with Gasteiger partial charge in [0.15, 0.2) is 11.0 Å². The smallest absolute Gasteiger partial charge is 0.248 e. The molecule has 0 bridgehead atoms. The Kier molecular flexibility index (Phi) is 6.15. The molecule has 0 atom stereocenters. The number of carbonyl (C=O) groups is 2. The molecule has 1 aromatic carbocycles. The molecule has 4 aromatic rings. The fourth-order valence-corrected chi connectivity index (χ4v) is 4.59. The average molecular weight is 441 g/mol. The van der Waals surface area contributed by atoms with Crippen molar-refractivity contribution < 1.29 is 9.59 Å². The second kappa shape index (κ2) is 9.14. The van der Waals surface area contributed by atoms with Gasteiger partial charge in [-0.3, -0.25) is 20.4 Å².